The zero-order valence-electron chi connectivity index (χ0n) is 12.8. The first-order chi connectivity index (χ1) is 10.0. The van der Waals surface area contributed by atoms with Crippen LogP contribution >= 0.6 is 11.3 Å². The first-order valence-corrected chi connectivity index (χ1v) is 8.12. The van der Waals surface area contributed by atoms with E-state index in [9.17, 15) is 4.39 Å². The van der Waals surface area contributed by atoms with Gasteiger partial charge in [0.15, 0.2) is 0 Å². The molecule has 0 radical (unpaired) electrons. The summed E-state index contributed by atoms with van der Waals surface area (Å²) in [6.07, 6.45) is 0. The Morgan fingerprint density at radius 3 is 2.52 bits per heavy atom. The summed E-state index contributed by atoms with van der Waals surface area (Å²) in [5.41, 5.74) is 6.84. The molecule has 0 bridgehead atoms. The largest absolute Gasteiger partial charge is 0.324 e. The number of nitrogens with two attached hydrogens (primary N) is 1. The van der Waals surface area contributed by atoms with Gasteiger partial charge >= 0.3 is 0 Å². The molecule has 2 rings (SSSR count). The van der Waals surface area contributed by atoms with Gasteiger partial charge in [-0.1, -0.05) is 31.2 Å². The van der Waals surface area contributed by atoms with Crippen molar-refractivity contribution >= 4 is 11.3 Å². The Morgan fingerprint density at radius 2 is 1.90 bits per heavy atom. The lowest BCUT2D eigenvalue weighted by molar-refractivity contribution is 0.213. The molecule has 0 spiro atoms. The first-order valence-electron chi connectivity index (χ1n) is 7.24. The van der Waals surface area contributed by atoms with Crippen molar-refractivity contribution in [3.05, 3.63) is 58.0 Å². The van der Waals surface area contributed by atoms with Gasteiger partial charge in [0.2, 0.25) is 0 Å². The Kier molecular flexibility index (Phi) is 5.51. The summed E-state index contributed by atoms with van der Waals surface area (Å²) in [6, 6.07) is 11.1. The van der Waals surface area contributed by atoms with Crippen molar-refractivity contribution in [1.82, 2.24) is 4.90 Å². The highest BCUT2D eigenvalue weighted by molar-refractivity contribution is 7.10. The van der Waals surface area contributed by atoms with Crippen LogP contribution in [0.15, 0.2) is 41.8 Å². The fourth-order valence-corrected chi connectivity index (χ4v) is 3.37. The minimum atomic E-state index is -0.288. The molecule has 114 valence electrons. The number of nitrogens with zero attached hydrogens (tertiary/aromatic N) is 1. The maximum absolute atomic E-state index is 13.8. The van der Waals surface area contributed by atoms with Crippen molar-refractivity contribution in [1.29, 1.82) is 0 Å². The van der Waals surface area contributed by atoms with Crippen LogP contribution in [0.2, 0.25) is 0 Å². The van der Waals surface area contributed by atoms with E-state index >= 15 is 0 Å². The lowest BCUT2D eigenvalue weighted by atomic mass is 9.94. The van der Waals surface area contributed by atoms with E-state index in [0.717, 1.165) is 6.54 Å². The summed E-state index contributed by atoms with van der Waals surface area (Å²) < 4.78 is 13.8. The average molecular weight is 306 g/mol. The van der Waals surface area contributed by atoms with Gasteiger partial charge in [0, 0.05) is 29.1 Å². The highest BCUT2D eigenvalue weighted by atomic mass is 32.1. The molecule has 0 saturated carbocycles. The zero-order chi connectivity index (χ0) is 15.4. The number of thiophene rings is 1. The van der Waals surface area contributed by atoms with Gasteiger partial charge in [-0.2, -0.15) is 0 Å². The Labute approximate surface area is 130 Å². The SMILES string of the molecule is CC(CN(C)C(C)c1cccs1)C(N)c1ccccc1F. The molecule has 0 aliphatic carbocycles. The molecule has 1 heterocycles. The maximum atomic E-state index is 13.8. The van der Waals surface area contributed by atoms with Crippen molar-refractivity contribution in [3.8, 4) is 0 Å². The van der Waals surface area contributed by atoms with Crippen LogP contribution < -0.4 is 5.73 Å². The molecule has 21 heavy (non-hydrogen) atoms. The second-order valence-corrected chi connectivity index (χ2v) is 6.63. The summed E-state index contributed by atoms with van der Waals surface area (Å²) in [4.78, 5) is 3.61. The third-order valence-electron chi connectivity index (χ3n) is 4.07. The Morgan fingerprint density at radius 1 is 1.19 bits per heavy atom. The number of hydrogen-bond acceptors (Lipinski definition) is 3. The van der Waals surface area contributed by atoms with Crippen LogP contribution in [-0.2, 0) is 0 Å². The molecule has 0 saturated heterocycles. The van der Waals surface area contributed by atoms with Gasteiger partial charge in [0.1, 0.15) is 5.82 Å². The smallest absolute Gasteiger partial charge is 0.127 e. The van der Waals surface area contributed by atoms with Gasteiger partial charge in [0.05, 0.1) is 0 Å². The topological polar surface area (TPSA) is 29.3 Å². The lowest BCUT2D eigenvalue weighted by Crippen LogP contribution is -2.32. The molecule has 0 fully saturated rings. The predicted molar refractivity (Wildman–Crippen MR) is 87.9 cm³/mol. The van der Waals surface area contributed by atoms with Crippen LogP contribution in [0.3, 0.4) is 0 Å². The van der Waals surface area contributed by atoms with Crippen molar-refractivity contribution < 1.29 is 4.39 Å². The van der Waals surface area contributed by atoms with Gasteiger partial charge in [0.25, 0.3) is 0 Å². The van der Waals surface area contributed by atoms with Gasteiger partial charge in [-0.05, 0) is 37.4 Å². The molecule has 2 nitrogen and oxygen atoms in total. The summed E-state index contributed by atoms with van der Waals surface area (Å²) in [5, 5.41) is 2.09. The second kappa shape index (κ2) is 7.16. The quantitative estimate of drug-likeness (QED) is 0.866. The molecule has 4 heteroatoms. The van der Waals surface area contributed by atoms with Gasteiger partial charge in [-0.3, -0.25) is 4.90 Å². The molecule has 3 unspecified atom stereocenters. The molecule has 0 aliphatic heterocycles. The van der Waals surface area contributed by atoms with E-state index in [-0.39, 0.29) is 17.8 Å². The Bertz CT molecular complexity index is 556. The molecule has 2 N–H and O–H groups in total. The van der Waals surface area contributed by atoms with Crippen LogP contribution in [-0.4, -0.2) is 18.5 Å². The molecular weight excluding hydrogens is 283 g/mol. The van der Waals surface area contributed by atoms with Crippen LogP contribution in [0.5, 0.6) is 0 Å². The van der Waals surface area contributed by atoms with E-state index in [2.05, 4.69) is 43.3 Å². The fraction of sp³-hybridized carbons (Fsp3) is 0.412. The summed E-state index contributed by atoms with van der Waals surface area (Å²) >= 11 is 1.76. The van der Waals surface area contributed by atoms with E-state index in [1.54, 1.807) is 23.5 Å². The van der Waals surface area contributed by atoms with Crippen molar-refractivity contribution in [2.75, 3.05) is 13.6 Å². The Hall–Kier alpha value is -1.23. The molecule has 1 aromatic carbocycles. The number of benzene rings is 1. The van der Waals surface area contributed by atoms with E-state index in [1.165, 1.54) is 10.9 Å². The van der Waals surface area contributed by atoms with Crippen molar-refractivity contribution in [3.63, 3.8) is 0 Å². The van der Waals surface area contributed by atoms with Crippen LogP contribution in [0.1, 0.15) is 36.4 Å². The highest BCUT2D eigenvalue weighted by Crippen LogP contribution is 2.27. The molecule has 2 aromatic rings. The standard InChI is InChI=1S/C17H23FN2S/c1-12(17(19)14-7-4-5-8-15(14)18)11-20(3)13(2)16-9-6-10-21-16/h4-10,12-13,17H,11,19H2,1-3H3. The van der Waals surface area contributed by atoms with Gasteiger partial charge < -0.3 is 5.73 Å². The summed E-state index contributed by atoms with van der Waals surface area (Å²) in [7, 11) is 2.09. The molecule has 0 aliphatic rings. The molecular formula is C17H23FN2S. The summed E-state index contributed by atoms with van der Waals surface area (Å²) in [5.74, 6) is -0.0416. The highest BCUT2D eigenvalue weighted by Gasteiger charge is 2.22. The van der Waals surface area contributed by atoms with Crippen molar-refractivity contribution in [2.45, 2.75) is 25.9 Å². The normalized spacial score (nSPS) is 15.9. The third-order valence-corrected chi connectivity index (χ3v) is 5.11. The summed E-state index contributed by atoms with van der Waals surface area (Å²) in [6.45, 7) is 5.09. The maximum Gasteiger partial charge on any atom is 0.127 e. The number of rotatable bonds is 6. The molecule has 1 aromatic heterocycles. The van der Waals surface area contributed by atoms with Crippen LogP contribution in [0, 0.1) is 11.7 Å². The molecule has 3 atom stereocenters. The third kappa shape index (κ3) is 3.90. The van der Waals surface area contributed by atoms with Crippen molar-refractivity contribution in [2.24, 2.45) is 11.7 Å². The predicted octanol–water partition coefficient (Wildman–Crippen LogP) is 4.22. The van der Waals surface area contributed by atoms with Gasteiger partial charge in [-0.15, -0.1) is 11.3 Å². The monoisotopic (exact) mass is 306 g/mol. The van der Waals surface area contributed by atoms with Crippen LogP contribution in [0.4, 0.5) is 4.39 Å². The average Bonchev–Trinajstić information content (AvgIpc) is 3.00. The minimum Gasteiger partial charge on any atom is -0.324 e. The second-order valence-electron chi connectivity index (χ2n) is 5.66. The van der Waals surface area contributed by atoms with Gasteiger partial charge in [-0.25, -0.2) is 4.39 Å². The first kappa shape index (κ1) is 16.1. The zero-order valence-corrected chi connectivity index (χ0v) is 13.6. The van der Waals surface area contributed by atoms with E-state index in [0.29, 0.717) is 11.6 Å². The van der Waals surface area contributed by atoms with E-state index in [1.807, 2.05) is 6.07 Å². The Balaban J connectivity index is 2.00. The molecule has 0 amide bonds. The fourth-order valence-electron chi connectivity index (χ4n) is 2.52. The minimum absolute atomic E-state index is 0.175. The van der Waals surface area contributed by atoms with E-state index in [4.69, 9.17) is 5.73 Å². The number of halogens is 1. The number of hydrogen-bond donors (Lipinski definition) is 1. The lowest BCUT2D eigenvalue weighted by Gasteiger charge is -2.30. The van der Waals surface area contributed by atoms with E-state index < -0.39 is 0 Å². The van der Waals surface area contributed by atoms with Crippen LogP contribution in [0.25, 0.3) is 0 Å².